The molecule has 1 N–H and O–H groups in total. The molecule has 0 radical (unpaired) electrons. The third kappa shape index (κ3) is 2.16. The van der Waals surface area contributed by atoms with Crippen molar-refractivity contribution in [1.29, 1.82) is 0 Å². The molecule has 1 heterocycles. The van der Waals surface area contributed by atoms with Crippen LogP contribution < -0.4 is 4.74 Å². The molecular formula is C13H15NO4. The highest BCUT2D eigenvalue weighted by molar-refractivity contribution is 6.06. The average molecular weight is 249 g/mol. The Kier molecular flexibility index (Phi) is 3.23. The van der Waals surface area contributed by atoms with E-state index in [9.17, 15) is 4.79 Å². The van der Waals surface area contributed by atoms with Gasteiger partial charge in [0.15, 0.2) is 0 Å². The number of carbonyl (C=O) groups is 1. The average Bonchev–Trinajstić information content (AvgIpc) is 2.74. The second-order valence-corrected chi connectivity index (χ2v) is 4.27. The first-order valence-corrected chi connectivity index (χ1v) is 5.77. The first-order valence-electron chi connectivity index (χ1n) is 5.77. The molecule has 0 saturated heterocycles. The third-order valence-electron chi connectivity index (χ3n) is 2.81. The zero-order valence-corrected chi connectivity index (χ0v) is 10.3. The molecule has 96 valence electrons. The van der Waals surface area contributed by atoms with Gasteiger partial charge in [0.05, 0.1) is 12.3 Å². The summed E-state index contributed by atoms with van der Waals surface area (Å²) < 4.78 is 5.49. The molecule has 0 bridgehead atoms. The van der Waals surface area contributed by atoms with Gasteiger partial charge in [0, 0.05) is 12.0 Å². The van der Waals surface area contributed by atoms with Crippen molar-refractivity contribution in [2.75, 3.05) is 6.61 Å². The molecule has 1 atom stereocenters. The predicted molar refractivity (Wildman–Crippen MR) is 65.9 cm³/mol. The summed E-state index contributed by atoms with van der Waals surface area (Å²) in [6.45, 7) is 3.95. The van der Waals surface area contributed by atoms with Gasteiger partial charge in [-0.1, -0.05) is 17.3 Å². The van der Waals surface area contributed by atoms with Crippen molar-refractivity contribution < 1.29 is 19.5 Å². The van der Waals surface area contributed by atoms with Gasteiger partial charge in [0.1, 0.15) is 5.75 Å². The van der Waals surface area contributed by atoms with Gasteiger partial charge in [0.25, 0.3) is 0 Å². The number of carboxylic acids is 1. The van der Waals surface area contributed by atoms with Gasteiger partial charge in [-0.2, -0.15) is 0 Å². The lowest BCUT2D eigenvalue weighted by Crippen LogP contribution is -2.35. The standard InChI is InChI=1S/C13H15NO4/c1-3-17-11-7-5-4-6-9(11)10-8-13(2,12(15)16)18-14-10/h4-7H,3,8H2,1-2H3,(H,15,16). The first kappa shape index (κ1) is 12.4. The molecule has 0 aliphatic carbocycles. The lowest BCUT2D eigenvalue weighted by Gasteiger charge is -2.15. The molecule has 0 fully saturated rings. The summed E-state index contributed by atoms with van der Waals surface area (Å²) in [5.74, 6) is -0.327. The fraction of sp³-hybridized carbons (Fsp3) is 0.385. The Hall–Kier alpha value is -2.04. The van der Waals surface area contributed by atoms with Crippen LogP contribution in [0.4, 0.5) is 0 Å². The van der Waals surface area contributed by atoms with E-state index < -0.39 is 11.6 Å². The van der Waals surface area contributed by atoms with Crippen molar-refractivity contribution in [2.45, 2.75) is 25.9 Å². The number of para-hydroxylation sites is 1. The zero-order valence-electron chi connectivity index (χ0n) is 10.3. The highest BCUT2D eigenvalue weighted by atomic mass is 16.7. The largest absolute Gasteiger partial charge is 0.493 e. The number of hydrogen-bond donors (Lipinski definition) is 1. The molecular weight excluding hydrogens is 234 g/mol. The molecule has 2 rings (SSSR count). The van der Waals surface area contributed by atoms with Crippen molar-refractivity contribution in [2.24, 2.45) is 5.16 Å². The van der Waals surface area contributed by atoms with Crippen LogP contribution in [0, 0.1) is 0 Å². The Bertz CT molecular complexity index is 498. The van der Waals surface area contributed by atoms with E-state index in [1.165, 1.54) is 6.92 Å². The monoisotopic (exact) mass is 249 g/mol. The van der Waals surface area contributed by atoms with Crippen LogP contribution in [0.2, 0.25) is 0 Å². The van der Waals surface area contributed by atoms with Gasteiger partial charge in [-0.3, -0.25) is 0 Å². The molecule has 1 aromatic carbocycles. The van der Waals surface area contributed by atoms with Gasteiger partial charge < -0.3 is 14.7 Å². The summed E-state index contributed by atoms with van der Waals surface area (Å²) in [5.41, 5.74) is 0.0996. The maximum absolute atomic E-state index is 11.1. The molecule has 1 unspecified atom stereocenters. The Labute approximate surface area is 105 Å². The molecule has 0 aromatic heterocycles. The van der Waals surface area contributed by atoms with E-state index in [0.717, 1.165) is 5.56 Å². The fourth-order valence-corrected chi connectivity index (χ4v) is 1.79. The lowest BCUT2D eigenvalue weighted by molar-refractivity contribution is -0.160. The minimum absolute atomic E-state index is 0.229. The van der Waals surface area contributed by atoms with Crippen LogP contribution in [0.25, 0.3) is 0 Å². The Morgan fingerprint density at radius 2 is 2.28 bits per heavy atom. The molecule has 5 nitrogen and oxygen atoms in total. The van der Waals surface area contributed by atoms with Crippen LogP contribution in [0.3, 0.4) is 0 Å². The number of rotatable bonds is 4. The minimum Gasteiger partial charge on any atom is -0.493 e. The van der Waals surface area contributed by atoms with Crippen molar-refractivity contribution >= 4 is 11.7 Å². The molecule has 5 heteroatoms. The summed E-state index contributed by atoms with van der Waals surface area (Å²) in [6, 6.07) is 7.40. The van der Waals surface area contributed by atoms with Crippen LogP contribution in [0.5, 0.6) is 5.75 Å². The highest BCUT2D eigenvalue weighted by Crippen LogP contribution is 2.30. The molecule has 1 aliphatic heterocycles. The van der Waals surface area contributed by atoms with Gasteiger partial charge in [0.2, 0.25) is 5.60 Å². The van der Waals surface area contributed by atoms with Crippen LogP contribution in [0.1, 0.15) is 25.8 Å². The van der Waals surface area contributed by atoms with Crippen LogP contribution in [-0.4, -0.2) is 29.0 Å². The number of ether oxygens (including phenoxy) is 1. The third-order valence-corrected chi connectivity index (χ3v) is 2.81. The summed E-state index contributed by atoms with van der Waals surface area (Å²) in [6.07, 6.45) is 0.229. The van der Waals surface area contributed by atoms with Crippen LogP contribution in [0.15, 0.2) is 29.4 Å². The van der Waals surface area contributed by atoms with E-state index in [0.29, 0.717) is 18.1 Å². The van der Waals surface area contributed by atoms with E-state index in [2.05, 4.69) is 5.16 Å². The molecule has 0 amide bonds. The lowest BCUT2D eigenvalue weighted by atomic mass is 9.96. The van der Waals surface area contributed by atoms with E-state index in [1.807, 2.05) is 31.2 Å². The molecule has 18 heavy (non-hydrogen) atoms. The summed E-state index contributed by atoms with van der Waals surface area (Å²) in [4.78, 5) is 16.1. The van der Waals surface area contributed by atoms with E-state index in [1.54, 1.807) is 0 Å². The van der Waals surface area contributed by atoms with E-state index in [-0.39, 0.29) is 6.42 Å². The number of benzene rings is 1. The van der Waals surface area contributed by atoms with E-state index in [4.69, 9.17) is 14.7 Å². The van der Waals surface area contributed by atoms with Crippen molar-refractivity contribution in [3.63, 3.8) is 0 Å². The topological polar surface area (TPSA) is 68.1 Å². The van der Waals surface area contributed by atoms with Gasteiger partial charge in [-0.25, -0.2) is 4.79 Å². The van der Waals surface area contributed by atoms with Crippen molar-refractivity contribution in [3.05, 3.63) is 29.8 Å². The van der Waals surface area contributed by atoms with E-state index >= 15 is 0 Å². The SMILES string of the molecule is CCOc1ccccc1C1=NOC(C)(C(=O)O)C1. The first-order chi connectivity index (χ1) is 8.57. The Morgan fingerprint density at radius 1 is 1.56 bits per heavy atom. The Morgan fingerprint density at radius 3 is 2.89 bits per heavy atom. The fourth-order valence-electron chi connectivity index (χ4n) is 1.79. The zero-order chi connectivity index (χ0) is 13.2. The quantitative estimate of drug-likeness (QED) is 0.886. The smallest absolute Gasteiger partial charge is 0.351 e. The summed E-state index contributed by atoms with van der Waals surface area (Å²) >= 11 is 0. The normalized spacial score (nSPS) is 22.2. The van der Waals surface area contributed by atoms with Crippen LogP contribution >= 0.6 is 0 Å². The maximum atomic E-state index is 11.1. The van der Waals surface area contributed by atoms with Gasteiger partial charge in [-0.15, -0.1) is 0 Å². The molecule has 1 aromatic rings. The summed E-state index contributed by atoms with van der Waals surface area (Å²) in [7, 11) is 0. The second kappa shape index (κ2) is 4.68. The van der Waals surface area contributed by atoms with Gasteiger partial charge >= 0.3 is 5.97 Å². The predicted octanol–water partition coefficient (Wildman–Crippen LogP) is 2.05. The Balaban J connectivity index is 2.27. The molecule has 0 spiro atoms. The summed E-state index contributed by atoms with van der Waals surface area (Å²) in [5, 5.41) is 13.0. The van der Waals surface area contributed by atoms with Crippen LogP contribution in [-0.2, 0) is 9.63 Å². The number of nitrogens with zero attached hydrogens (tertiary/aromatic N) is 1. The number of aliphatic carboxylic acids is 1. The molecule has 1 aliphatic rings. The number of hydrogen-bond acceptors (Lipinski definition) is 4. The number of carboxylic acid groups (broad SMARTS) is 1. The van der Waals surface area contributed by atoms with Gasteiger partial charge in [-0.05, 0) is 26.0 Å². The highest BCUT2D eigenvalue weighted by Gasteiger charge is 2.42. The maximum Gasteiger partial charge on any atom is 0.351 e. The second-order valence-electron chi connectivity index (χ2n) is 4.27. The molecule has 0 saturated carbocycles. The van der Waals surface area contributed by atoms with Crippen molar-refractivity contribution in [1.82, 2.24) is 0 Å². The van der Waals surface area contributed by atoms with Crippen molar-refractivity contribution in [3.8, 4) is 5.75 Å². The number of oxime groups is 1. The minimum atomic E-state index is -1.28.